The number of hydrogen-bond acceptors (Lipinski definition) is 3. The zero-order chi connectivity index (χ0) is 15.4. The highest BCUT2D eigenvalue weighted by Gasteiger charge is 2.07. The zero-order valence-corrected chi connectivity index (χ0v) is 12.4. The van der Waals surface area contributed by atoms with Crippen molar-refractivity contribution in [1.82, 2.24) is 4.98 Å². The average molecular weight is 312 g/mol. The molecule has 3 aromatic rings. The number of nitrogens with zero attached hydrogens (tertiary/aromatic N) is 1. The van der Waals surface area contributed by atoms with Gasteiger partial charge < -0.3 is 5.32 Å². The SMILES string of the molecule is O=C(Cc1ccc(F)cc1)Nc1cc(-c2ccncc2)cs1. The van der Waals surface area contributed by atoms with Crippen molar-refractivity contribution < 1.29 is 9.18 Å². The number of hydrogen-bond donors (Lipinski definition) is 1. The molecular weight excluding hydrogens is 299 g/mol. The first kappa shape index (κ1) is 14.4. The molecule has 3 nitrogen and oxygen atoms in total. The summed E-state index contributed by atoms with van der Waals surface area (Å²) in [4.78, 5) is 16.0. The third-order valence-corrected chi connectivity index (χ3v) is 4.00. The predicted octanol–water partition coefficient (Wildman–Crippen LogP) is 4.13. The van der Waals surface area contributed by atoms with Crippen molar-refractivity contribution >= 4 is 22.2 Å². The molecule has 0 saturated carbocycles. The molecule has 110 valence electrons. The van der Waals surface area contributed by atoms with Crippen LogP contribution in [0.4, 0.5) is 9.39 Å². The van der Waals surface area contributed by atoms with E-state index in [0.29, 0.717) is 0 Å². The van der Waals surface area contributed by atoms with Gasteiger partial charge in [0, 0.05) is 17.8 Å². The van der Waals surface area contributed by atoms with E-state index in [1.165, 1.54) is 23.5 Å². The number of aromatic nitrogens is 1. The number of rotatable bonds is 4. The van der Waals surface area contributed by atoms with Crippen LogP contribution in [-0.2, 0) is 11.2 Å². The molecule has 0 fully saturated rings. The van der Waals surface area contributed by atoms with Gasteiger partial charge in [-0.1, -0.05) is 12.1 Å². The van der Waals surface area contributed by atoms with Crippen molar-refractivity contribution in [3.63, 3.8) is 0 Å². The number of anilines is 1. The lowest BCUT2D eigenvalue weighted by molar-refractivity contribution is -0.115. The Hall–Kier alpha value is -2.53. The molecular formula is C17H13FN2OS. The molecule has 1 amide bonds. The number of halogens is 1. The molecule has 0 aliphatic carbocycles. The van der Waals surface area contributed by atoms with Crippen LogP contribution in [0.3, 0.4) is 0 Å². The largest absolute Gasteiger partial charge is 0.317 e. The van der Waals surface area contributed by atoms with Crippen molar-refractivity contribution in [3.8, 4) is 11.1 Å². The fourth-order valence-corrected chi connectivity index (χ4v) is 2.89. The van der Waals surface area contributed by atoms with E-state index in [2.05, 4.69) is 10.3 Å². The van der Waals surface area contributed by atoms with Gasteiger partial charge >= 0.3 is 0 Å². The van der Waals surface area contributed by atoms with Crippen molar-refractivity contribution in [2.75, 3.05) is 5.32 Å². The highest BCUT2D eigenvalue weighted by atomic mass is 32.1. The van der Waals surface area contributed by atoms with Crippen LogP contribution in [0.5, 0.6) is 0 Å². The molecule has 0 atom stereocenters. The lowest BCUT2D eigenvalue weighted by atomic mass is 10.1. The Labute approximate surface area is 131 Å². The Morgan fingerprint density at radius 3 is 2.55 bits per heavy atom. The maximum Gasteiger partial charge on any atom is 0.229 e. The monoisotopic (exact) mass is 312 g/mol. The first-order chi connectivity index (χ1) is 10.7. The third-order valence-electron chi connectivity index (χ3n) is 3.15. The van der Waals surface area contributed by atoms with Gasteiger partial charge in [0.2, 0.25) is 5.91 Å². The molecule has 0 spiro atoms. The minimum absolute atomic E-state index is 0.116. The molecule has 0 aliphatic rings. The summed E-state index contributed by atoms with van der Waals surface area (Å²) in [6, 6.07) is 11.7. The van der Waals surface area contributed by atoms with Crippen LogP contribution in [0.15, 0.2) is 60.2 Å². The molecule has 2 heterocycles. The van der Waals surface area contributed by atoms with E-state index < -0.39 is 0 Å². The standard InChI is InChI=1S/C17H13FN2OS/c18-15-3-1-12(2-4-15)9-16(21)20-17-10-14(11-22-17)13-5-7-19-8-6-13/h1-8,10-11H,9H2,(H,20,21). The summed E-state index contributed by atoms with van der Waals surface area (Å²) in [7, 11) is 0. The Balaban J connectivity index is 1.65. The fraction of sp³-hybridized carbons (Fsp3) is 0.0588. The van der Waals surface area contributed by atoms with Gasteiger partial charge in [-0.25, -0.2) is 4.39 Å². The zero-order valence-electron chi connectivity index (χ0n) is 11.6. The maximum absolute atomic E-state index is 12.8. The second-order valence-corrected chi connectivity index (χ2v) is 5.70. The van der Waals surface area contributed by atoms with Gasteiger partial charge in [0.15, 0.2) is 0 Å². The molecule has 0 bridgehead atoms. The lowest BCUT2D eigenvalue weighted by Crippen LogP contribution is -2.13. The van der Waals surface area contributed by atoms with Crippen LogP contribution in [0.25, 0.3) is 11.1 Å². The Kier molecular flexibility index (Phi) is 4.25. The summed E-state index contributed by atoms with van der Waals surface area (Å²) in [6.07, 6.45) is 3.70. The topological polar surface area (TPSA) is 42.0 Å². The Bertz CT molecular complexity index is 769. The molecule has 22 heavy (non-hydrogen) atoms. The van der Waals surface area contributed by atoms with E-state index in [1.807, 2.05) is 23.6 Å². The summed E-state index contributed by atoms with van der Waals surface area (Å²) in [5, 5.41) is 5.64. The number of nitrogens with one attached hydrogen (secondary N) is 1. The summed E-state index contributed by atoms with van der Waals surface area (Å²) in [6.45, 7) is 0. The highest BCUT2D eigenvalue weighted by Crippen LogP contribution is 2.28. The fourth-order valence-electron chi connectivity index (χ4n) is 2.07. The third kappa shape index (κ3) is 3.56. The normalized spacial score (nSPS) is 10.4. The van der Waals surface area contributed by atoms with Crippen molar-refractivity contribution in [2.24, 2.45) is 0 Å². The molecule has 1 aromatic carbocycles. The molecule has 0 unspecified atom stereocenters. The molecule has 0 saturated heterocycles. The summed E-state index contributed by atoms with van der Waals surface area (Å²) in [5.41, 5.74) is 2.89. The van der Waals surface area contributed by atoms with Crippen LogP contribution in [0.1, 0.15) is 5.56 Å². The van der Waals surface area contributed by atoms with Crippen LogP contribution in [0, 0.1) is 5.82 Å². The molecule has 1 N–H and O–H groups in total. The summed E-state index contributed by atoms with van der Waals surface area (Å²) in [5.74, 6) is -0.417. The van der Waals surface area contributed by atoms with Crippen molar-refractivity contribution in [1.29, 1.82) is 0 Å². The van der Waals surface area contributed by atoms with E-state index in [1.54, 1.807) is 24.5 Å². The van der Waals surface area contributed by atoms with Crippen molar-refractivity contribution in [3.05, 3.63) is 71.6 Å². The van der Waals surface area contributed by atoms with Gasteiger partial charge in [-0.3, -0.25) is 9.78 Å². The smallest absolute Gasteiger partial charge is 0.229 e. The van der Waals surface area contributed by atoms with Crippen LogP contribution in [0.2, 0.25) is 0 Å². The highest BCUT2D eigenvalue weighted by molar-refractivity contribution is 7.14. The van der Waals surface area contributed by atoms with Gasteiger partial charge in [-0.2, -0.15) is 0 Å². The number of amides is 1. The maximum atomic E-state index is 12.8. The Morgan fingerprint density at radius 2 is 1.82 bits per heavy atom. The molecule has 2 aromatic heterocycles. The minimum atomic E-state index is -0.301. The predicted molar refractivity (Wildman–Crippen MR) is 86.3 cm³/mol. The van der Waals surface area contributed by atoms with E-state index in [9.17, 15) is 9.18 Å². The van der Waals surface area contributed by atoms with E-state index >= 15 is 0 Å². The van der Waals surface area contributed by atoms with E-state index in [0.717, 1.165) is 21.7 Å². The van der Waals surface area contributed by atoms with Gasteiger partial charge in [0.1, 0.15) is 5.82 Å². The number of carbonyl (C=O) groups excluding carboxylic acids is 1. The quantitative estimate of drug-likeness (QED) is 0.787. The minimum Gasteiger partial charge on any atom is -0.317 e. The molecule has 0 aliphatic heterocycles. The van der Waals surface area contributed by atoms with Crippen molar-refractivity contribution in [2.45, 2.75) is 6.42 Å². The summed E-state index contributed by atoms with van der Waals surface area (Å²) < 4.78 is 12.8. The number of thiophene rings is 1. The average Bonchev–Trinajstić information content (AvgIpc) is 2.99. The van der Waals surface area contributed by atoms with Crippen LogP contribution in [-0.4, -0.2) is 10.9 Å². The second-order valence-electron chi connectivity index (χ2n) is 4.79. The van der Waals surface area contributed by atoms with E-state index in [-0.39, 0.29) is 18.1 Å². The second kappa shape index (κ2) is 6.49. The first-order valence-corrected chi connectivity index (χ1v) is 7.62. The van der Waals surface area contributed by atoms with Gasteiger partial charge in [0.25, 0.3) is 0 Å². The van der Waals surface area contributed by atoms with Gasteiger partial charge in [-0.05, 0) is 47.0 Å². The van der Waals surface area contributed by atoms with Gasteiger partial charge in [-0.15, -0.1) is 11.3 Å². The number of benzene rings is 1. The van der Waals surface area contributed by atoms with Crippen LogP contribution >= 0.6 is 11.3 Å². The Morgan fingerprint density at radius 1 is 1.09 bits per heavy atom. The molecule has 5 heteroatoms. The summed E-state index contributed by atoms with van der Waals surface area (Å²) >= 11 is 1.47. The molecule has 3 rings (SSSR count). The van der Waals surface area contributed by atoms with Gasteiger partial charge in [0.05, 0.1) is 11.4 Å². The lowest BCUT2D eigenvalue weighted by Gasteiger charge is -2.02. The van der Waals surface area contributed by atoms with E-state index in [4.69, 9.17) is 0 Å². The number of pyridine rings is 1. The first-order valence-electron chi connectivity index (χ1n) is 6.74. The number of carbonyl (C=O) groups is 1. The van der Waals surface area contributed by atoms with Crippen LogP contribution < -0.4 is 5.32 Å². The molecule has 0 radical (unpaired) electrons.